The van der Waals surface area contributed by atoms with Crippen molar-refractivity contribution in [2.24, 2.45) is 5.92 Å². The van der Waals surface area contributed by atoms with Crippen LogP contribution in [0.4, 0.5) is 13.6 Å². The predicted molar refractivity (Wildman–Crippen MR) is 113 cm³/mol. The minimum atomic E-state index is -0.958. The first kappa shape index (κ1) is 23.8. The number of nitrogens with zero attached hydrogens (tertiary/aromatic N) is 1. The normalized spacial score (nSPS) is 15.3. The van der Waals surface area contributed by atoms with Gasteiger partial charge in [-0.15, -0.1) is 0 Å². The zero-order valence-corrected chi connectivity index (χ0v) is 18.7. The molecule has 0 bridgehead atoms. The van der Waals surface area contributed by atoms with Gasteiger partial charge in [0.25, 0.3) is 0 Å². The topological polar surface area (TPSA) is 65.1 Å². The SMILES string of the molecule is COC(=O)[C@H]1c2ccc(OCc3c(F)ccc(Cl)c3F)cc2CCN1C(=O)OCC(C)C. The summed E-state index contributed by atoms with van der Waals surface area (Å²) in [5, 5.41) is -0.194. The highest BCUT2D eigenvalue weighted by Gasteiger charge is 2.38. The van der Waals surface area contributed by atoms with Crippen LogP contribution in [-0.4, -0.2) is 37.2 Å². The van der Waals surface area contributed by atoms with E-state index in [0.717, 1.165) is 17.7 Å². The summed E-state index contributed by atoms with van der Waals surface area (Å²) in [6.07, 6.45) is -0.150. The Morgan fingerprint density at radius 2 is 1.97 bits per heavy atom. The van der Waals surface area contributed by atoms with Crippen molar-refractivity contribution in [1.29, 1.82) is 0 Å². The standard InChI is InChI=1S/C23H24ClF2NO5/c1-13(2)11-32-23(29)27-9-8-14-10-15(4-5-16(14)21(27)22(28)30-3)31-12-17-19(25)7-6-18(24)20(17)26/h4-7,10,13,21H,8-9,11-12H2,1-3H3/t21-/m1/s1. The second kappa shape index (κ2) is 10.2. The van der Waals surface area contributed by atoms with Crippen LogP contribution in [0.15, 0.2) is 30.3 Å². The Balaban J connectivity index is 1.81. The van der Waals surface area contributed by atoms with Crippen LogP contribution < -0.4 is 4.74 Å². The molecule has 0 aliphatic carbocycles. The van der Waals surface area contributed by atoms with Crippen LogP contribution in [-0.2, 0) is 27.3 Å². The molecule has 1 amide bonds. The Labute approximate surface area is 190 Å². The lowest BCUT2D eigenvalue weighted by Crippen LogP contribution is -2.44. The van der Waals surface area contributed by atoms with Gasteiger partial charge in [-0.2, -0.15) is 0 Å². The van der Waals surface area contributed by atoms with Gasteiger partial charge < -0.3 is 14.2 Å². The number of carbonyl (C=O) groups excluding carboxylic acids is 2. The second-order valence-electron chi connectivity index (χ2n) is 7.81. The van der Waals surface area contributed by atoms with Crippen LogP contribution in [0.3, 0.4) is 0 Å². The first-order valence-corrected chi connectivity index (χ1v) is 10.5. The molecule has 9 heteroatoms. The molecule has 172 valence electrons. The van der Waals surface area contributed by atoms with Crippen LogP contribution in [0.1, 0.15) is 36.6 Å². The molecule has 32 heavy (non-hydrogen) atoms. The number of hydrogen-bond acceptors (Lipinski definition) is 5. The first-order chi connectivity index (χ1) is 15.2. The van der Waals surface area contributed by atoms with Gasteiger partial charge in [-0.1, -0.05) is 31.5 Å². The number of rotatable bonds is 6. The molecule has 3 rings (SSSR count). The van der Waals surface area contributed by atoms with E-state index >= 15 is 0 Å². The maximum absolute atomic E-state index is 14.1. The summed E-state index contributed by atoms with van der Waals surface area (Å²) in [6, 6.07) is 6.14. The third kappa shape index (κ3) is 5.12. The van der Waals surface area contributed by atoms with Crippen LogP contribution >= 0.6 is 11.6 Å². The first-order valence-electron chi connectivity index (χ1n) is 10.1. The van der Waals surface area contributed by atoms with E-state index in [1.54, 1.807) is 18.2 Å². The summed E-state index contributed by atoms with van der Waals surface area (Å²) in [4.78, 5) is 26.4. The van der Waals surface area contributed by atoms with E-state index < -0.39 is 29.7 Å². The smallest absolute Gasteiger partial charge is 0.410 e. The highest BCUT2D eigenvalue weighted by molar-refractivity contribution is 6.30. The molecule has 0 spiro atoms. The molecule has 0 saturated carbocycles. The molecule has 1 heterocycles. The number of carbonyl (C=O) groups is 2. The van der Waals surface area contributed by atoms with Crippen molar-refractivity contribution < 1.29 is 32.6 Å². The van der Waals surface area contributed by atoms with E-state index in [1.165, 1.54) is 12.0 Å². The maximum Gasteiger partial charge on any atom is 0.410 e. The van der Waals surface area contributed by atoms with Crippen molar-refractivity contribution in [2.45, 2.75) is 32.9 Å². The van der Waals surface area contributed by atoms with Gasteiger partial charge in [-0.25, -0.2) is 18.4 Å². The summed E-state index contributed by atoms with van der Waals surface area (Å²) in [7, 11) is 1.25. The summed E-state index contributed by atoms with van der Waals surface area (Å²) in [6.45, 7) is 3.95. The number of halogens is 3. The molecular formula is C23H24ClF2NO5. The summed E-state index contributed by atoms with van der Waals surface area (Å²) >= 11 is 5.72. The third-order valence-corrected chi connectivity index (χ3v) is 5.36. The van der Waals surface area contributed by atoms with Crippen LogP contribution in [0.2, 0.25) is 5.02 Å². The Kier molecular flexibility index (Phi) is 7.56. The van der Waals surface area contributed by atoms with Crippen LogP contribution in [0.25, 0.3) is 0 Å². The zero-order chi connectivity index (χ0) is 23.4. The largest absolute Gasteiger partial charge is 0.489 e. The Morgan fingerprint density at radius 1 is 1.22 bits per heavy atom. The molecule has 1 aliphatic heterocycles. The number of amides is 1. The van der Waals surface area contributed by atoms with Crippen molar-refractivity contribution in [3.8, 4) is 5.75 Å². The molecule has 0 radical (unpaired) electrons. The molecule has 0 aromatic heterocycles. The lowest BCUT2D eigenvalue weighted by atomic mass is 9.92. The minimum absolute atomic E-state index is 0.154. The maximum atomic E-state index is 14.1. The highest BCUT2D eigenvalue weighted by atomic mass is 35.5. The monoisotopic (exact) mass is 467 g/mol. The minimum Gasteiger partial charge on any atom is -0.489 e. The molecule has 0 saturated heterocycles. The fraction of sp³-hybridized carbons (Fsp3) is 0.391. The van der Waals surface area contributed by atoms with Crippen molar-refractivity contribution in [2.75, 3.05) is 20.3 Å². The molecule has 2 aromatic rings. The summed E-state index contributed by atoms with van der Waals surface area (Å²) in [5.74, 6) is -1.70. The van der Waals surface area contributed by atoms with Crippen molar-refractivity contribution >= 4 is 23.7 Å². The Bertz CT molecular complexity index is 1010. The third-order valence-electron chi connectivity index (χ3n) is 5.06. The molecule has 1 atom stereocenters. The fourth-order valence-corrected chi connectivity index (χ4v) is 3.61. The molecule has 2 aromatic carbocycles. The number of esters is 1. The average Bonchev–Trinajstić information content (AvgIpc) is 2.78. The second-order valence-corrected chi connectivity index (χ2v) is 8.22. The Hall–Kier alpha value is -2.87. The number of ether oxygens (including phenoxy) is 3. The lowest BCUT2D eigenvalue weighted by Gasteiger charge is -2.35. The number of hydrogen-bond donors (Lipinski definition) is 0. The molecule has 0 fully saturated rings. The van der Waals surface area contributed by atoms with E-state index in [2.05, 4.69) is 0 Å². The van der Waals surface area contributed by atoms with Gasteiger partial charge in [0.2, 0.25) is 0 Å². The molecule has 1 aliphatic rings. The van der Waals surface area contributed by atoms with E-state index in [4.69, 9.17) is 25.8 Å². The fourth-order valence-electron chi connectivity index (χ4n) is 3.43. The quantitative estimate of drug-likeness (QED) is 0.439. The van der Waals surface area contributed by atoms with Crippen molar-refractivity contribution in [3.63, 3.8) is 0 Å². The highest BCUT2D eigenvalue weighted by Crippen LogP contribution is 2.34. The van der Waals surface area contributed by atoms with Gasteiger partial charge in [-0.05, 0) is 47.7 Å². The molecule has 0 N–H and O–H groups in total. The summed E-state index contributed by atoms with van der Waals surface area (Å²) in [5.41, 5.74) is 1.07. The van der Waals surface area contributed by atoms with Gasteiger partial charge >= 0.3 is 12.1 Å². The zero-order valence-electron chi connectivity index (χ0n) is 18.0. The molecular weight excluding hydrogens is 444 g/mol. The van der Waals surface area contributed by atoms with Crippen molar-refractivity contribution in [3.05, 3.63) is 63.7 Å². The van der Waals surface area contributed by atoms with Crippen LogP contribution in [0, 0.1) is 17.6 Å². The Morgan fingerprint density at radius 3 is 2.66 bits per heavy atom. The average molecular weight is 468 g/mol. The van der Waals surface area contributed by atoms with E-state index in [-0.39, 0.29) is 36.3 Å². The van der Waals surface area contributed by atoms with Crippen molar-refractivity contribution in [1.82, 2.24) is 4.90 Å². The number of benzene rings is 2. The van der Waals surface area contributed by atoms with E-state index in [9.17, 15) is 18.4 Å². The predicted octanol–water partition coefficient (Wildman–Crippen LogP) is 5.06. The van der Waals surface area contributed by atoms with Gasteiger partial charge in [0.05, 0.1) is 24.3 Å². The molecule has 0 unspecified atom stereocenters. The number of fused-ring (bicyclic) bond motifs is 1. The lowest BCUT2D eigenvalue weighted by molar-refractivity contribution is -0.147. The van der Waals surface area contributed by atoms with E-state index in [1.807, 2.05) is 13.8 Å². The van der Waals surface area contributed by atoms with Gasteiger partial charge in [0, 0.05) is 6.54 Å². The summed E-state index contributed by atoms with van der Waals surface area (Å²) < 4.78 is 43.8. The van der Waals surface area contributed by atoms with Gasteiger partial charge in [-0.3, -0.25) is 4.90 Å². The van der Waals surface area contributed by atoms with E-state index in [0.29, 0.717) is 17.7 Å². The number of methoxy groups -OCH3 is 1. The van der Waals surface area contributed by atoms with Gasteiger partial charge in [0.1, 0.15) is 18.2 Å². The van der Waals surface area contributed by atoms with Gasteiger partial charge in [0.15, 0.2) is 11.9 Å². The molecule has 6 nitrogen and oxygen atoms in total. The van der Waals surface area contributed by atoms with Crippen LogP contribution in [0.5, 0.6) is 5.75 Å².